The van der Waals surface area contributed by atoms with Gasteiger partial charge in [-0.1, -0.05) is 0 Å². The average molecular weight is 278 g/mol. The molecule has 2 rings (SSSR count). The lowest BCUT2D eigenvalue weighted by Crippen LogP contribution is -2.28. The van der Waals surface area contributed by atoms with E-state index < -0.39 is 0 Å². The van der Waals surface area contributed by atoms with Gasteiger partial charge in [0.2, 0.25) is 0 Å². The zero-order valence-electron chi connectivity index (χ0n) is 12.1. The van der Waals surface area contributed by atoms with Crippen LogP contribution in [-0.2, 0) is 0 Å². The van der Waals surface area contributed by atoms with E-state index in [-0.39, 0.29) is 0 Å². The fourth-order valence-electron chi connectivity index (χ4n) is 1.89. The van der Waals surface area contributed by atoms with Gasteiger partial charge in [0, 0.05) is 12.6 Å². The largest absolute Gasteiger partial charge is 0.369 e. The van der Waals surface area contributed by atoms with Crippen LogP contribution in [-0.4, -0.2) is 41.0 Å². The van der Waals surface area contributed by atoms with Crippen LogP contribution in [0.1, 0.15) is 25.8 Å². The molecule has 0 saturated carbocycles. The molecule has 2 aromatic rings. The van der Waals surface area contributed by atoms with Crippen LogP contribution in [0.25, 0.3) is 10.2 Å². The number of aromatic nitrogens is 2. The number of thiophene rings is 1. The summed E-state index contributed by atoms with van der Waals surface area (Å²) >= 11 is 1.71. The van der Waals surface area contributed by atoms with Gasteiger partial charge in [-0.15, -0.1) is 11.3 Å². The van der Waals surface area contributed by atoms with Crippen molar-refractivity contribution in [3.8, 4) is 0 Å². The number of rotatable bonds is 6. The highest BCUT2D eigenvalue weighted by Gasteiger charge is 2.07. The highest BCUT2D eigenvalue weighted by atomic mass is 32.1. The Labute approximate surface area is 118 Å². The summed E-state index contributed by atoms with van der Waals surface area (Å²) in [6, 6.07) is 0.603. The van der Waals surface area contributed by atoms with E-state index >= 15 is 0 Å². The third-order valence-corrected chi connectivity index (χ3v) is 4.49. The van der Waals surface area contributed by atoms with Crippen molar-refractivity contribution < 1.29 is 0 Å². The Morgan fingerprint density at radius 2 is 2.16 bits per heavy atom. The molecule has 2 aromatic heterocycles. The Morgan fingerprint density at radius 3 is 2.89 bits per heavy atom. The minimum Gasteiger partial charge on any atom is -0.369 e. The number of fused-ring (bicyclic) bond motifs is 1. The lowest BCUT2D eigenvalue weighted by molar-refractivity contribution is 0.273. The van der Waals surface area contributed by atoms with Gasteiger partial charge >= 0.3 is 0 Å². The molecule has 0 aliphatic carbocycles. The number of hydrogen-bond acceptors (Lipinski definition) is 5. The zero-order chi connectivity index (χ0) is 13.8. The number of aryl methyl sites for hydroxylation is 1. The third-order valence-electron chi connectivity index (χ3n) is 3.39. The first-order chi connectivity index (χ1) is 9.09. The van der Waals surface area contributed by atoms with E-state index in [0.29, 0.717) is 6.04 Å². The predicted octanol–water partition coefficient (Wildman–Crippen LogP) is 3.14. The molecule has 0 fully saturated rings. The molecule has 0 amide bonds. The maximum Gasteiger partial charge on any atom is 0.147 e. The summed E-state index contributed by atoms with van der Waals surface area (Å²) in [5, 5.41) is 5.56. The molecule has 0 saturated heterocycles. The summed E-state index contributed by atoms with van der Waals surface area (Å²) in [4.78, 5) is 11.0. The van der Waals surface area contributed by atoms with E-state index in [1.54, 1.807) is 17.7 Å². The molecule has 0 aromatic carbocycles. The van der Waals surface area contributed by atoms with E-state index in [0.717, 1.165) is 35.5 Å². The van der Waals surface area contributed by atoms with Crippen LogP contribution in [0.2, 0.25) is 0 Å². The number of anilines is 1. The summed E-state index contributed by atoms with van der Waals surface area (Å²) in [5.74, 6) is 0.968. The molecule has 0 bridgehead atoms. The molecule has 0 atom stereocenters. The molecule has 104 valence electrons. The number of nitrogens with zero attached hydrogens (tertiary/aromatic N) is 3. The molecular weight excluding hydrogens is 256 g/mol. The van der Waals surface area contributed by atoms with Gasteiger partial charge in [0.1, 0.15) is 12.1 Å². The van der Waals surface area contributed by atoms with Gasteiger partial charge in [0.05, 0.1) is 10.2 Å². The van der Waals surface area contributed by atoms with Crippen molar-refractivity contribution in [1.29, 1.82) is 0 Å². The van der Waals surface area contributed by atoms with Crippen LogP contribution in [0.4, 0.5) is 5.82 Å². The van der Waals surface area contributed by atoms with Gasteiger partial charge < -0.3 is 10.2 Å². The minimum atomic E-state index is 0.603. The van der Waals surface area contributed by atoms with Crippen LogP contribution in [0, 0.1) is 6.92 Å². The monoisotopic (exact) mass is 278 g/mol. The Hall–Kier alpha value is -1.20. The number of nitrogens with one attached hydrogen (secondary N) is 1. The van der Waals surface area contributed by atoms with E-state index in [2.05, 4.69) is 53.4 Å². The maximum atomic E-state index is 4.35. The lowest BCUT2D eigenvalue weighted by Gasteiger charge is -2.20. The predicted molar refractivity (Wildman–Crippen MR) is 83.0 cm³/mol. The van der Waals surface area contributed by atoms with Crippen LogP contribution in [0.5, 0.6) is 0 Å². The van der Waals surface area contributed by atoms with Crippen molar-refractivity contribution in [2.24, 2.45) is 0 Å². The molecule has 0 aliphatic heterocycles. The molecule has 4 nitrogen and oxygen atoms in total. The first-order valence-corrected chi connectivity index (χ1v) is 7.60. The van der Waals surface area contributed by atoms with Crippen LogP contribution >= 0.6 is 11.3 Å². The smallest absolute Gasteiger partial charge is 0.147 e. The second-order valence-electron chi connectivity index (χ2n) is 5.17. The van der Waals surface area contributed by atoms with Crippen LogP contribution in [0.3, 0.4) is 0 Å². The van der Waals surface area contributed by atoms with Crippen LogP contribution in [0.15, 0.2) is 11.7 Å². The average Bonchev–Trinajstić information content (AvgIpc) is 2.77. The normalized spacial score (nSPS) is 11.7. The van der Waals surface area contributed by atoms with Gasteiger partial charge in [0.15, 0.2) is 0 Å². The van der Waals surface area contributed by atoms with E-state index in [1.807, 2.05) is 0 Å². The summed E-state index contributed by atoms with van der Waals surface area (Å²) < 4.78 is 1.16. The van der Waals surface area contributed by atoms with E-state index in [9.17, 15) is 0 Å². The Bertz CT molecular complexity index is 535. The summed E-state index contributed by atoms with van der Waals surface area (Å²) in [7, 11) is 2.16. The Kier molecular flexibility index (Phi) is 4.71. The van der Waals surface area contributed by atoms with Crippen molar-refractivity contribution in [2.75, 3.05) is 25.5 Å². The maximum absolute atomic E-state index is 4.35. The quantitative estimate of drug-likeness (QED) is 0.824. The van der Waals surface area contributed by atoms with Crippen molar-refractivity contribution in [3.05, 3.63) is 17.3 Å². The van der Waals surface area contributed by atoms with Gasteiger partial charge in [-0.05, 0) is 51.7 Å². The molecule has 0 unspecified atom stereocenters. The summed E-state index contributed by atoms with van der Waals surface area (Å²) in [6.07, 6.45) is 2.76. The molecule has 0 radical (unpaired) electrons. The Morgan fingerprint density at radius 1 is 1.37 bits per heavy atom. The Balaban J connectivity index is 1.92. The molecule has 1 N–H and O–H groups in total. The lowest BCUT2D eigenvalue weighted by atomic mass is 10.3. The number of hydrogen-bond donors (Lipinski definition) is 1. The molecular formula is C14H22N4S. The molecule has 2 heterocycles. The van der Waals surface area contributed by atoms with E-state index in [4.69, 9.17) is 0 Å². The van der Waals surface area contributed by atoms with E-state index in [1.165, 1.54) is 5.56 Å². The summed E-state index contributed by atoms with van der Waals surface area (Å²) in [6.45, 7) is 8.57. The van der Waals surface area contributed by atoms with Gasteiger partial charge in [-0.25, -0.2) is 9.97 Å². The SMILES string of the molecule is Cc1csc2c(NCCCN(C)C(C)C)ncnc12. The third kappa shape index (κ3) is 3.42. The van der Waals surface area contributed by atoms with Gasteiger partial charge in [-0.2, -0.15) is 0 Å². The van der Waals surface area contributed by atoms with Crippen molar-refractivity contribution in [2.45, 2.75) is 33.2 Å². The second kappa shape index (κ2) is 6.30. The first-order valence-electron chi connectivity index (χ1n) is 6.72. The van der Waals surface area contributed by atoms with Crippen molar-refractivity contribution in [3.63, 3.8) is 0 Å². The second-order valence-corrected chi connectivity index (χ2v) is 6.05. The fourth-order valence-corrected chi connectivity index (χ4v) is 2.86. The molecule has 0 spiro atoms. The minimum absolute atomic E-state index is 0.603. The van der Waals surface area contributed by atoms with Gasteiger partial charge in [0.25, 0.3) is 0 Å². The highest BCUT2D eigenvalue weighted by molar-refractivity contribution is 7.18. The topological polar surface area (TPSA) is 41.0 Å². The standard InChI is InChI=1S/C14H22N4S/c1-10(2)18(4)7-5-6-15-14-13-12(16-9-17-14)11(3)8-19-13/h8-10H,5-7H2,1-4H3,(H,15,16,17). The first kappa shape index (κ1) is 14.2. The summed E-state index contributed by atoms with van der Waals surface area (Å²) in [5.41, 5.74) is 2.30. The van der Waals surface area contributed by atoms with Gasteiger partial charge in [-0.3, -0.25) is 0 Å². The highest BCUT2D eigenvalue weighted by Crippen LogP contribution is 2.28. The zero-order valence-corrected chi connectivity index (χ0v) is 12.9. The molecule has 0 aliphatic rings. The van der Waals surface area contributed by atoms with Crippen molar-refractivity contribution >= 4 is 27.4 Å². The molecule has 5 heteroatoms. The fraction of sp³-hybridized carbons (Fsp3) is 0.571. The molecule has 19 heavy (non-hydrogen) atoms. The van der Waals surface area contributed by atoms with Crippen molar-refractivity contribution in [1.82, 2.24) is 14.9 Å². The van der Waals surface area contributed by atoms with Crippen LogP contribution < -0.4 is 5.32 Å².